The summed E-state index contributed by atoms with van der Waals surface area (Å²) < 4.78 is 5.94. The molecule has 0 unspecified atom stereocenters. The maximum atomic E-state index is 10.8. The molecule has 9 heteroatoms. The smallest absolute Gasteiger partial charge is 0.372 e. The SMILES string of the molecule is Nc1ncnc(Oc2cncc(Br)c2)c1[N+](=O)[O-]. The fourth-order valence-electron chi connectivity index (χ4n) is 1.18. The van der Waals surface area contributed by atoms with Crippen LogP contribution in [-0.2, 0) is 0 Å². The molecular formula is C9H6BrN5O3. The van der Waals surface area contributed by atoms with Gasteiger partial charge in [0.2, 0.25) is 5.82 Å². The number of anilines is 1. The van der Waals surface area contributed by atoms with Gasteiger partial charge in [0.05, 0.1) is 11.1 Å². The summed E-state index contributed by atoms with van der Waals surface area (Å²) in [5.41, 5.74) is 4.93. The number of nitrogen functional groups attached to an aromatic ring is 1. The van der Waals surface area contributed by atoms with Crippen molar-refractivity contribution in [3.05, 3.63) is 39.4 Å². The van der Waals surface area contributed by atoms with Crippen molar-refractivity contribution in [2.45, 2.75) is 0 Å². The number of aromatic nitrogens is 3. The Bertz CT molecular complexity index is 607. The Morgan fingerprint density at radius 1 is 1.39 bits per heavy atom. The molecule has 0 aromatic carbocycles. The number of nitrogens with zero attached hydrogens (tertiary/aromatic N) is 4. The van der Waals surface area contributed by atoms with Gasteiger partial charge in [0.15, 0.2) is 0 Å². The Morgan fingerprint density at radius 3 is 2.83 bits per heavy atom. The summed E-state index contributed by atoms with van der Waals surface area (Å²) in [7, 11) is 0. The molecule has 0 amide bonds. The van der Waals surface area contributed by atoms with Crippen LogP contribution in [0.1, 0.15) is 0 Å². The van der Waals surface area contributed by atoms with Crippen molar-refractivity contribution >= 4 is 27.4 Å². The Labute approximate surface area is 109 Å². The van der Waals surface area contributed by atoms with Gasteiger partial charge >= 0.3 is 11.6 Å². The van der Waals surface area contributed by atoms with E-state index >= 15 is 0 Å². The van der Waals surface area contributed by atoms with Gasteiger partial charge in [0.25, 0.3) is 0 Å². The average molecular weight is 312 g/mol. The second kappa shape index (κ2) is 4.92. The van der Waals surface area contributed by atoms with Crippen molar-refractivity contribution < 1.29 is 9.66 Å². The molecule has 0 fully saturated rings. The van der Waals surface area contributed by atoms with Crippen LogP contribution in [0, 0.1) is 10.1 Å². The van der Waals surface area contributed by atoms with E-state index in [1.54, 1.807) is 12.3 Å². The van der Waals surface area contributed by atoms with E-state index in [0.717, 1.165) is 6.33 Å². The second-order valence-electron chi connectivity index (χ2n) is 3.11. The maximum absolute atomic E-state index is 10.8. The molecule has 2 N–H and O–H groups in total. The van der Waals surface area contributed by atoms with Gasteiger partial charge < -0.3 is 10.5 Å². The summed E-state index contributed by atoms with van der Waals surface area (Å²) in [5, 5.41) is 10.8. The highest BCUT2D eigenvalue weighted by Gasteiger charge is 2.23. The molecule has 0 atom stereocenters. The first-order valence-corrected chi connectivity index (χ1v) is 5.40. The zero-order valence-corrected chi connectivity index (χ0v) is 10.4. The minimum Gasteiger partial charge on any atom is -0.432 e. The molecule has 2 aromatic heterocycles. The van der Waals surface area contributed by atoms with Crippen LogP contribution in [0.3, 0.4) is 0 Å². The molecule has 0 saturated heterocycles. The standard InChI is InChI=1S/C9H6BrN5O3/c10-5-1-6(3-12-2-5)18-9-7(15(16)17)8(11)13-4-14-9/h1-4H,(H2,11,13,14). The van der Waals surface area contributed by atoms with Crippen LogP contribution in [0.5, 0.6) is 11.6 Å². The zero-order chi connectivity index (χ0) is 13.1. The van der Waals surface area contributed by atoms with Gasteiger partial charge in [-0.1, -0.05) is 0 Å². The fraction of sp³-hybridized carbons (Fsp3) is 0. The lowest BCUT2D eigenvalue weighted by Crippen LogP contribution is -2.02. The molecular weight excluding hydrogens is 306 g/mol. The largest absolute Gasteiger partial charge is 0.432 e. The fourth-order valence-corrected chi connectivity index (χ4v) is 1.53. The monoisotopic (exact) mass is 311 g/mol. The number of ether oxygens (including phenoxy) is 1. The van der Waals surface area contributed by atoms with Gasteiger partial charge in [-0.2, -0.15) is 4.98 Å². The quantitative estimate of drug-likeness (QED) is 0.679. The molecule has 0 aliphatic heterocycles. The van der Waals surface area contributed by atoms with Crippen LogP contribution in [0.15, 0.2) is 29.3 Å². The van der Waals surface area contributed by atoms with Gasteiger partial charge in [-0.3, -0.25) is 15.1 Å². The first-order valence-electron chi connectivity index (χ1n) is 4.61. The molecule has 2 aromatic rings. The molecule has 0 saturated carbocycles. The van der Waals surface area contributed by atoms with Gasteiger partial charge in [0.1, 0.15) is 12.1 Å². The predicted molar refractivity (Wildman–Crippen MR) is 65.1 cm³/mol. The van der Waals surface area contributed by atoms with Crippen LogP contribution >= 0.6 is 15.9 Å². The Kier molecular flexibility index (Phi) is 3.33. The first-order chi connectivity index (χ1) is 8.58. The van der Waals surface area contributed by atoms with Crippen molar-refractivity contribution in [2.24, 2.45) is 0 Å². The second-order valence-corrected chi connectivity index (χ2v) is 4.03. The van der Waals surface area contributed by atoms with E-state index < -0.39 is 10.6 Å². The lowest BCUT2D eigenvalue weighted by atomic mass is 10.4. The molecule has 0 aliphatic rings. The van der Waals surface area contributed by atoms with E-state index in [1.807, 2.05) is 0 Å². The number of pyridine rings is 1. The van der Waals surface area contributed by atoms with Crippen LogP contribution in [0.4, 0.5) is 11.5 Å². The lowest BCUT2D eigenvalue weighted by Gasteiger charge is -2.05. The molecule has 0 radical (unpaired) electrons. The molecule has 8 nitrogen and oxygen atoms in total. The maximum Gasteiger partial charge on any atom is 0.372 e. The van der Waals surface area contributed by atoms with Gasteiger partial charge in [-0.15, -0.1) is 0 Å². The van der Waals surface area contributed by atoms with E-state index in [-0.39, 0.29) is 11.7 Å². The third-order valence-electron chi connectivity index (χ3n) is 1.89. The van der Waals surface area contributed by atoms with E-state index in [0.29, 0.717) is 10.2 Å². The summed E-state index contributed by atoms with van der Waals surface area (Å²) >= 11 is 3.20. The summed E-state index contributed by atoms with van der Waals surface area (Å²) in [6.45, 7) is 0. The van der Waals surface area contributed by atoms with Gasteiger partial charge in [0, 0.05) is 10.7 Å². The predicted octanol–water partition coefficient (Wildman–Crippen LogP) is 1.92. The van der Waals surface area contributed by atoms with Crippen LogP contribution < -0.4 is 10.5 Å². The van der Waals surface area contributed by atoms with Gasteiger partial charge in [-0.25, -0.2) is 4.98 Å². The summed E-state index contributed by atoms with van der Waals surface area (Å²) in [6.07, 6.45) is 4.03. The van der Waals surface area contributed by atoms with E-state index in [2.05, 4.69) is 30.9 Å². The molecule has 18 heavy (non-hydrogen) atoms. The molecule has 2 rings (SSSR count). The Balaban J connectivity index is 2.40. The minimum atomic E-state index is -0.698. The summed E-state index contributed by atoms with van der Waals surface area (Å²) in [6, 6.07) is 1.59. The number of hydrogen-bond donors (Lipinski definition) is 1. The third kappa shape index (κ3) is 2.51. The summed E-state index contributed by atoms with van der Waals surface area (Å²) in [5.74, 6) is -0.189. The van der Waals surface area contributed by atoms with Crippen LogP contribution in [-0.4, -0.2) is 19.9 Å². The third-order valence-corrected chi connectivity index (χ3v) is 2.33. The van der Waals surface area contributed by atoms with Crippen molar-refractivity contribution in [1.29, 1.82) is 0 Å². The molecule has 0 bridgehead atoms. The average Bonchev–Trinajstić information content (AvgIpc) is 2.28. The van der Waals surface area contributed by atoms with E-state index in [4.69, 9.17) is 10.5 Å². The highest BCUT2D eigenvalue weighted by molar-refractivity contribution is 9.10. The Morgan fingerprint density at radius 2 is 2.17 bits per heavy atom. The van der Waals surface area contributed by atoms with E-state index in [9.17, 15) is 10.1 Å². The topological polar surface area (TPSA) is 117 Å². The number of halogens is 1. The van der Waals surface area contributed by atoms with E-state index in [1.165, 1.54) is 6.20 Å². The van der Waals surface area contributed by atoms with Crippen molar-refractivity contribution in [3.8, 4) is 11.6 Å². The molecule has 92 valence electrons. The zero-order valence-electron chi connectivity index (χ0n) is 8.78. The first kappa shape index (κ1) is 12.2. The van der Waals surface area contributed by atoms with Crippen LogP contribution in [0.25, 0.3) is 0 Å². The lowest BCUT2D eigenvalue weighted by molar-refractivity contribution is -0.385. The van der Waals surface area contributed by atoms with Crippen molar-refractivity contribution in [2.75, 3.05) is 5.73 Å². The molecule has 0 spiro atoms. The number of nitro groups is 1. The van der Waals surface area contributed by atoms with Crippen molar-refractivity contribution in [1.82, 2.24) is 15.0 Å². The number of rotatable bonds is 3. The highest BCUT2D eigenvalue weighted by atomic mass is 79.9. The normalized spacial score (nSPS) is 10.1. The van der Waals surface area contributed by atoms with Crippen molar-refractivity contribution in [3.63, 3.8) is 0 Å². The van der Waals surface area contributed by atoms with Crippen LogP contribution in [0.2, 0.25) is 0 Å². The number of hydrogen-bond acceptors (Lipinski definition) is 7. The Hall–Kier alpha value is -2.29. The van der Waals surface area contributed by atoms with Gasteiger partial charge in [-0.05, 0) is 22.0 Å². The number of nitrogens with two attached hydrogens (primary N) is 1. The molecule has 2 heterocycles. The highest BCUT2D eigenvalue weighted by Crippen LogP contribution is 2.32. The minimum absolute atomic E-state index is 0.229. The summed E-state index contributed by atoms with van der Waals surface area (Å²) in [4.78, 5) is 21.2. The molecule has 0 aliphatic carbocycles.